The van der Waals surface area contributed by atoms with Crippen LogP contribution in [0.5, 0.6) is 0 Å². The van der Waals surface area contributed by atoms with Gasteiger partial charge in [0.05, 0.1) is 12.5 Å². The zero-order valence-electron chi connectivity index (χ0n) is 21.7. The number of unbranched alkanes of at least 4 members (excludes halogenated alkanes) is 2. The van der Waals surface area contributed by atoms with E-state index in [1.165, 1.54) is 6.92 Å². The van der Waals surface area contributed by atoms with Gasteiger partial charge in [0.1, 0.15) is 6.10 Å². The molecule has 190 valence electrons. The minimum Gasteiger partial charge on any atom is -0.461 e. The lowest BCUT2D eigenvalue weighted by atomic mass is 9.81. The van der Waals surface area contributed by atoms with E-state index in [9.17, 15) is 19.5 Å². The first-order valence-electron chi connectivity index (χ1n) is 12.9. The summed E-state index contributed by atoms with van der Waals surface area (Å²) in [6.07, 6.45) is 8.25. The van der Waals surface area contributed by atoms with E-state index in [4.69, 9.17) is 9.47 Å². The molecule has 0 aromatic carbocycles. The van der Waals surface area contributed by atoms with Crippen LogP contribution in [0.2, 0.25) is 0 Å². The van der Waals surface area contributed by atoms with Crippen LogP contribution >= 0.6 is 0 Å². The summed E-state index contributed by atoms with van der Waals surface area (Å²) in [7, 11) is 0. The minimum atomic E-state index is -1.44. The Labute approximate surface area is 204 Å². The van der Waals surface area contributed by atoms with E-state index >= 15 is 0 Å². The van der Waals surface area contributed by atoms with E-state index in [0.29, 0.717) is 24.3 Å². The normalized spacial score (nSPS) is 37.7. The van der Waals surface area contributed by atoms with Crippen molar-refractivity contribution in [2.75, 3.05) is 6.61 Å². The number of Topliss-reactive ketones (excluding diaryl/α,β-unsaturated/α-hetero) is 1. The Hall–Kier alpha value is -1.95. The van der Waals surface area contributed by atoms with Crippen LogP contribution in [0.3, 0.4) is 0 Å². The average Bonchev–Trinajstić information content (AvgIpc) is 3.17. The fourth-order valence-electron chi connectivity index (χ4n) is 6.31. The number of aliphatic hydroxyl groups is 1. The number of aliphatic hydroxyl groups excluding tert-OH is 1. The van der Waals surface area contributed by atoms with Crippen molar-refractivity contribution >= 4 is 17.7 Å². The average molecular weight is 475 g/mol. The highest BCUT2D eigenvalue weighted by Crippen LogP contribution is 2.62. The largest absolute Gasteiger partial charge is 0.461 e. The number of carbonyl (C=O) groups excluding carboxylic acids is 3. The molecule has 0 bridgehead atoms. The molecule has 0 saturated heterocycles. The SMILES string of the molecule is CCCCCC(=O)O[C@H]1[C@@H](C)C[C@]2(OC(C)=O)C(=O)/C(C)=C\[C@@H]3[C@H](CC/C(CO)=C\[C@@H]12)C3(C)C. The molecule has 6 heteroatoms. The van der Waals surface area contributed by atoms with E-state index in [-0.39, 0.29) is 42.0 Å². The molecule has 0 aliphatic heterocycles. The van der Waals surface area contributed by atoms with Crippen LogP contribution in [0.25, 0.3) is 0 Å². The number of esters is 2. The first-order valence-corrected chi connectivity index (χ1v) is 12.9. The molecule has 3 aliphatic rings. The van der Waals surface area contributed by atoms with Crippen molar-refractivity contribution in [3.63, 3.8) is 0 Å². The second-order valence-corrected chi connectivity index (χ2v) is 11.3. The third-order valence-corrected chi connectivity index (χ3v) is 8.36. The Balaban J connectivity index is 2.04. The topological polar surface area (TPSA) is 89.9 Å². The van der Waals surface area contributed by atoms with Gasteiger partial charge >= 0.3 is 11.9 Å². The number of carbonyl (C=O) groups is 3. The van der Waals surface area contributed by atoms with Gasteiger partial charge < -0.3 is 14.6 Å². The first-order chi connectivity index (χ1) is 16.0. The van der Waals surface area contributed by atoms with Gasteiger partial charge in [0, 0.05) is 19.8 Å². The summed E-state index contributed by atoms with van der Waals surface area (Å²) in [4.78, 5) is 39.0. The van der Waals surface area contributed by atoms with E-state index in [1.807, 2.05) is 19.1 Å². The lowest BCUT2D eigenvalue weighted by Crippen LogP contribution is -2.48. The van der Waals surface area contributed by atoms with Crippen LogP contribution < -0.4 is 0 Å². The van der Waals surface area contributed by atoms with Gasteiger partial charge in [-0.2, -0.15) is 0 Å². The van der Waals surface area contributed by atoms with Gasteiger partial charge in [0.15, 0.2) is 5.60 Å². The Morgan fingerprint density at radius 2 is 1.88 bits per heavy atom. The maximum atomic E-state index is 14.0. The van der Waals surface area contributed by atoms with Gasteiger partial charge in [-0.1, -0.05) is 52.7 Å². The highest BCUT2D eigenvalue weighted by Gasteiger charge is 2.61. The van der Waals surface area contributed by atoms with Gasteiger partial charge in [0.2, 0.25) is 5.78 Å². The summed E-state index contributed by atoms with van der Waals surface area (Å²) in [5.41, 5.74) is 0.0418. The maximum absolute atomic E-state index is 14.0. The first kappa shape index (κ1) is 26.7. The predicted octanol–water partition coefficient (Wildman–Crippen LogP) is 4.94. The fraction of sp³-hybridized carbons (Fsp3) is 0.750. The molecule has 3 aliphatic carbocycles. The molecule has 1 N–H and O–H groups in total. The number of rotatable bonds is 7. The molecule has 0 aromatic rings. The number of ether oxygens (including phenoxy) is 2. The van der Waals surface area contributed by atoms with E-state index in [0.717, 1.165) is 31.3 Å². The van der Waals surface area contributed by atoms with Gasteiger partial charge in [-0.3, -0.25) is 14.4 Å². The van der Waals surface area contributed by atoms with Crippen LogP contribution in [-0.2, 0) is 23.9 Å². The summed E-state index contributed by atoms with van der Waals surface area (Å²) >= 11 is 0. The van der Waals surface area contributed by atoms with Crippen molar-refractivity contribution in [2.45, 2.75) is 98.2 Å². The lowest BCUT2D eigenvalue weighted by molar-refractivity contribution is -0.170. The molecule has 3 rings (SSSR count). The maximum Gasteiger partial charge on any atom is 0.306 e. The zero-order valence-corrected chi connectivity index (χ0v) is 21.7. The Bertz CT molecular complexity index is 868. The molecule has 2 saturated carbocycles. The van der Waals surface area contributed by atoms with E-state index in [1.54, 1.807) is 6.92 Å². The van der Waals surface area contributed by atoms with E-state index in [2.05, 4.69) is 20.8 Å². The molecule has 2 fully saturated rings. The van der Waals surface area contributed by atoms with Crippen LogP contribution in [0.1, 0.15) is 86.5 Å². The number of fused-ring (bicyclic) bond motifs is 2. The second-order valence-electron chi connectivity index (χ2n) is 11.3. The lowest BCUT2D eigenvalue weighted by Gasteiger charge is -2.34. The van der Waals surface area contributed by atoms with Crippen molar-refractivity contribution in [1.29, 1.82) is 0 Å². The summed E-state index contributed by atoms with van der Waals surface area (Å²) in [6.45, 7) is 11.4. The van der Waals surface area contributed by atoms with Gasteiger partial charge in [-0.05, 0) is 60.5 Å². The molecule has 6 nitrogen and oxygen atoms in total. The molecular weight excluding hydrogens is 432 g/mol. The molecule has 0 spiro atoms. The standard InChI is InChI=1S/C28H42O6/c1-7-8-9-10-24(31)33-25-18(3)15-28(34-19(4)30)23(25)14-20(16-29)11-12-21-22(27(21,5)6)13-17(2)26(28)32/h13-14,18,21-23,25,29H,7-12,15-16H2,1-6H3/b17-13-,20-14+/t18-,21-,22+,23-,25-,28+/m0/s1. The number of allylic oxidation sites excluding steroid dienone is 1. The molecule has 0 unspecified atom stereocenters. The van der Waals surface area contributed by atoms with Gasteiger partial charge in [-0.15, -0.1) is 0 Å². The Morgan fingerprint density at radius 1 is 1.18 bits per heavy atom. The minimum absolute atomic E-state index is 0.0921. The molecule has 0 amide bonds. The number of hydrogen-bond donors (Lipinski definition) is 1. The van der Waals surface area contributed by atoms with Gasteiger partial charge in [0.25, 0.3) is 0 Å². The highest BCUT2D eigenvalue weighted by molar-refractivity contribution is 6.03. The summed E-state index contributed by atoms with van der Waals surface area (Å²) < 4.78 is 11.8. The Morgan fingerprint density at radius 3 is 2.50 bits per heavy atom. The van der Waals surface area contributed by atoms with Crippen LogP contribution in [0.4, 0.5) is 0 Å². The second kappa shape index (κ2) is 10.3. The smallest absolute Gasteiger partial charge is 0.306 e. The third-order valence-electron chi connectivity index (χ3n) is 8.36. The fourth-order valence-corrected chi connectivity index (χ4v) is 6.31. The zero-order chi connectivity index (χ0) is 25.3. The van der Waals surface area contributed by atoms with Crippen molar-refractivity contribution in [1.82, 2.24) is 0 Å². The summed E-state index contributed by atoms with van der Waals surface area (Å²) in [6, 6.07) is 0. The van der Waals surface area contributed by atoms with Crippen LogP contribution in [0, 0.1) is 29.1 Å². The van der Waals surface area contributed by atoms with Gasteiger partial charge in [-0.25, -0.2) is 0 Å². The molecular formula is C28H42O6. The third kappa shape index (κ3) is 5.17. The van der Waals surface area contributed by atoms with Crippen molar-refractivity contribution in [3.8, 4) is 0 Å². The molecule has 0 heterocycles. The molecule has 0 aromatic heterocycles. The van der Waals surface area contributed by atoms with Crippen molar-refractivity contribution < 1.29 is 29.0 Å². The van der Waals surface area contributed by atoms with Crippen LogP contribution in [-0.4, -0.2) is 41.1 Å². The van der Waals surface area contributed by atoms with Crippen LogP contribution in [0.15, 0.2) is 23.3 Å². The molecule has 34 heavy (non-hydrogen) atoms. The van der Waals surface area contributed by atoms with Crippen molar-refractivity contribution in [2.24, 2.45) is 29.1 Å². The molecule has 6 atom stereocenters. The van der Waals surface area contributed by atoms with E-state index < -0.39 is 23.6 Å². The highest BCUT2D eigenvalue weighted by atomic mass is 16.6. The Kier molecular flexibility index (Phi) is 8.11. The quantitative estimate of drug-likeness (QED) is 0.319. The molecule has 0 radical (unpaired) electrons. The number of hydrogen-bond acceptors (Lipinski definition) is 6. The monoisotopic (exact) mass is 474 g/mol. The summed E-state index contributed by atoms with van der Waals surface area (Å²) in [5.74, 6) is -1.16. The predicted molar refractivity (Wildman–Crippen MR) is 130 cm³/mol. The van der Waals surface area contributed by atoms with Crippen molar-refractivity contribution in [3.05, 3.63) is 23.3 Å². The number of ketones is 1. The summed E-state index contributed by atoms with van der Waals surface area (Å²) in [5, 5.41) is 10.2.